The van der Waals surface area contributed by atoms with E-state index < -0.39 is 20.8 Å². The van der Waals surface area contributed by atoms with Crippen LogP contribution in [0.15, 0.2) is 109 Å². The molecule has 0 fully saturated rings. The fourth-order valence-corrected chi connectivity index (χ4v) is 6.14. The van der Waals surface area contributed by atoms with E-state index in [1.165, 1.54) is 78.9 Å². The van der Waals surface area contributed by atoms with Gasteiger partial charge in [-0.3, -0.25) is 0 Å². The molecule has 0 nitrogen and oxygen atoms in total. The van der Waals surface area contributed by atoms with Gasteiger partial charge in [0.2, 0.25) is 0 Å². The van der Waals surface area contributed by atoms with Gasteiger partial charge in [0.15, 0.2) is 0 Å². The van der Waals surface area contributed by atoms with Gasteiger partial charge in [-0.15, -0.1) is 69.1 Å². The summed E-state index contributed by atoms with van der Waals surface area (Å²) in [6, 6.07) is 40.9. The van der Waals surface area contributed by atoms with E-state index in [2.05, 4.69) is 178 Å². The molecule has 0 amide bonds. The molecule has 0 aliphatic rings. The first-order valence-electron chi connectivity index (χ1n) is 18.2. The van der Waals surface area contributed by atoms with Crippen molar-refractivity contribution in [2.45, 2.75) is 105 Å². The third-order valence-corrected chi connectivity index (χ3v) is 9.69. The zero-order valence-corrected chi connectivity index (χ0v) is 36.8. The van der Waals surface area contributed by atoms with Crippen molar-refractivity contribution in [3.05, 3.63) is 131 Å². The van der Waals surface area contributed by atoms with Crippen molar-refractivity contribution in [2.75, 3.05) is 0 Å². The second-order valence-electron chi connectivity index (χ2n) is 13.9. The Labute approximate surface area is 325 Å². The molecule has 0 aliphatic carbocycles. The zero-order valence-electron chi connectivity index (χ0n) is 31.9. The average molecular weight is 799 g/mol. The summed E-state index contributed by atoms with van der Waals surface area (Å²) in [5.41, 5.74) is 11.1. The molecule has 0 saturated carbocycles. The monoisotopic (exact) mass is 796 g/mol. The molecule has 2 unspecified atom stereocenters. The second-order valence-corrected chi connectivity index (χ2v) is 18.7. The molecule has 6 aromatic carbocycles. The van der Waals surface area contributed by atoms with E-state index in [-0.39, 0.29) is 0 Å². The average Bonchev–Trinajstić information content (AvgIpc) is 3.78. The van der Waals surface area contributed by atoms with Crippen LogP contribution in [0.1, 0.15) is 114 Å². The number of hydrogen-bond acceptors (Lipinski definition) is 0. The van der Waals surface area contributed by atoms with E-state index >= 15 is 0 Å². The summed E-state index contributed by atoms with van der Waals surface area (Å²) in [6.45, 7) is 22.4. The summed E-state index contributed by atoms with van der Waals surface area (Å²) in [6.07, 6.45) is 2.38. The maximum absolute atomic E-state index is 4.93. The van der Waals surface area contributed by atoms with Gasteiger partial charge in [0.1, 0.15) is 0 Å². The van der Waals surface area contributed by atoms with Gasteiger partial charge in [0.25, 0.3) is 0 Å². The molecule has 0 N–H and O–H groups in total. The summed E-state index contributed by atoms with van der Waals surface area (Å²) < 4.78 is 0. The molecule has 6 rings (SSSR count). The van der Waals surface area contributed by atoms with Crippen LogP contribution < -0.4 is 0 Å². The van der Waals surface area contributed by atoms with E-state index in [1.807, 2.05) is 0 Å². The van der Waals surface area contributed by atoms with Gasteiger partial charge < -0.3 is 0 Å². The summed E-state index contributed by atoms with van der Waals surface area (Å²) in [7, 11) is 11.0. The normalized spacial score (nSPS) is 12.0. The summed E-state index contributed by atoms with van der Waals surface area (Å²) in [5.74, 6) is 2.42. The molecule has 2 atom stereocenters. The van der Waals surface area contributed by atoms with Gasteiger partial charge in [0.05, 0.1) is 0 Å². The maximum atomic E-state index is 4.93. The van der Waals surface area contributed by atoms with Crippen molar-refractivity contribution < 1.29 is 20.8 Å². The first kappa shape index (κ1) is 42.2. The molecule has 50 heavy (non-hydrogen) atoms. The van der Waals surface area contributed by atoms with E-state index in [4.69, 9.17) is 17.0 Å². The van der Waals surface area contributed by atoms with Crippen LogP contribution in [0.4, 0.5) is 0 Å². The second kappa shape index (κ2) is 21.3. The van der Waals surface area contributed by atoms with Crippen LogP contribution in [0.3, 0.4) is 0 Å². The fourth-order valence-electron chi connectivity index (χ4n) is 6.14. The molecule has 0 heterocycles. The van der Waals surface area contributed by atoms with Crippen molar-refractivity contribution in [1.29, 1.82) is 0 Å². The quantitative estimate of drug-likeness (QED) is 0.106. The minimum absolute atomic E-state index is 0.577. The van der Waals surface area contributed by atoms with Crippen LogP contribution in [-0.4, -0.2) is 9.52 Å². The molecule has 0 aromatic heterocycles. The van der Waals surface area contributed by atoms with Crippen LogP contribution in [0.2, 0.25) is 13.1 Å². The van der Waals surface area contributed by atoms with Gasteiger partial charge >= 0.3 is 37.9 Å². The van der Waals surface area contributed by atoms with E-state index in [0.29, 0.717) is 23.7 Å². The Morgan fingerprint density at radius 2 is 0.880 bits per heavy atom. The first-order chi connectivity index (χ1) is 24.0. The zero-order chi connectivity index (χ0) is 36.8. The molecular formula is C46H56Cl2SiZr. The Hall–Kier alpha value is -2.22. The van der Waals surface area contributed by atoms with Crippen molar-refractivity contribution in [3.63, 3.8) is 0 Å². The first-order valence-corrected chi connectivity index (χ1v) is 26.5. The van der Waals surface area contributed by atoms with Crippen molar-refractivity contribution in [2.24, 2.45) is 0 Å². The molecule has 4 heteroatoms. The summed E-state index contributed by atoms with van der Waals surface area (Å²) >= 11 is -0.826. The number of rotatable bonds is 8. The van der Waals surface area contributed by atoms with Gasteiger partial charge in [0, 0.05) is 9.52 Å². The van der Waals surface area contributed by atoms with Crippen LogP contribution in [0.25, 0.3) is 43.8 Å². The van der Waals surface area contributed by atoms with Crippen molar-refractivity contribution in [3.8, 4) is 22.3 Å². The minimum atomic E-state index is -0.826. The molecule has 0 saturated heterocycles. The molecule has 0 spiro atoms. The Morgan fingerprint density at radius 1 is 0.560 bits per heavy atom. The standard InChI is InChI=1S/2C22H25.C2H6Si.2ClH.Zr/c2*1-5-16(4)17-9-11-18(12-10-17)21-8-6-7-19-13-20(15(2)3)14-22(19)21;1-3-2;;;/h2*6-16H,5H2,1-4H3;1-2H3;2*1H;/q2*-1;;;;+4/p-2. The Kier molecular flexibility index (Phi) is 18.0. The number of fused-ring (bicyclic) bond motifs is 2. The molecule has 262 valence electrons. The molecule has 0 aliphatic heterocycles. The molecule has 6 aromatic rings. The Bertz CT molecular complexity index is 1710. The number of hydrogen-bond donors (Lipinski definition) is 0. The topological polar surface area (TPSA) is 0 Å². The SMILES string of the molecule is CCC(C)c1ccc(-c2cccc3[cH-]c(C(C)C)cc23)cc1.CCC(C)c1ccc(-c2cccc3[cH-]c(C(C)C)cc23)cc1.C[Si]C.[Cl][Zr+2][Cl]. The van der Waals surface area contributed by atoms with E-state index in [0.717, 1.165) is 9.52 Å². The van der Waals surface area contributed by atoms with Crippen molar-refractivity contribution >= 4 is 48.1 Å². The van der Waals surface area contributed by atoms with Crippen LogP contribution in [0.5, 0.6) is 0 Å². The van der Waals surface area contributed by atoms with Crippen LogP contribution in [-0.2, 0) is 20.8 Å². The summed E-state index contributed by atoms with van der Waals surface area (Å²) in [4.78, 5) is 0. The van der Waals surface area contributed by atoms with Crippen LogP contribution >= 0.6 is 17.0 Å². The molecule has 2 radical (unpaired) electrons. The third kappa shape index (κ3) is 11.4. The Morgan fingerprint density at radius 3 is 1.16 bits per heavy atom. The predicted molar refractivity (Wildman–Crippen MR) is 225 cm³/mol. The van der Waals surface area contributed by atoms with Gasteiger partial charge in [-0.25, -0.2) is 0 Å². The van der Waals surface area contributed by atoms with Gasteiger partial charge in [-0.05, 0) is 58.8 Å². The third-order valence-electron chi connectivity index (χ3n) is 9.69. The Balaban J connectivity index is 0.000000234. The van der Waals surface area contributed by atoms with Crippen LogP contribution in [0, 0.1) is 0 Å². The van der Waals surface area contributed by atoms with Gasteiger partial charge in [-0.2, -0.15) is 12.1 Å². The number of benzene rings is 4. The van der Waals surface area contributed by atoms with Crippen molar-refractivity contribution in [1.82, 2.24) is 0 Å². The fraction of sp³-hybridized carbons (Fsp3) is 0.348. The number of halogens is 2. The van der Waals surface area contributed by atoms with E-state index in [1.54, 1.807) is 0 Å². The molecule has 0 bridgehead atoms. The predicted octanol–water partition coefficient (Wildman–Crippen LogP) is 15.9. The van der Waals surface area contributed by atoms with E-state index in [9.17, 15) is 0 Å². The van der Waals surface area contributed by atoms with Gasteiger partial charge in [-0.1, -0.05) is 140 Å². The summed E-state index contributed by atoms with van der Waals surface area (Å²) in [5, 5.41) is 5.46. The molecular weight excluding hydrogens is 743 g/mol.